The first-order valence-electron chi connectivity index (χ1n) is 10.6. The molecule has 0 aliphatic heterocycles. The average molecular weight is 469 g/mol. The Morgan fingerprint density at radius 1 is 0.939 bits per heavy atom. The molecular weight excluding hydrogens is 440 g/mol. The lowest BCUT2D eigenvalue weighted by atomic mass is 9.91. The summed E-state index contributed by atoms with van der Waals surface area (Å²) in [6.07, 6.45) is 0. The van der Waals surface area contributed by atoms with Gasteiger partial charge in [0.15, 0.2) is 5.69 Å². The fourth-order valence-corrected chi connectivity index (χ4v) is 5.20. The van der Waals surface area contributed by atoms with Gasteiger partial charge >= 0.3 is 0 Å². The van der Waals surface area contributed by atoms with Crippen molar-refractivity contribution in [2.75, 3.05) is 0 Å². The van der Waals surface area contributed by atoms with Gasteiger partial charge in [-0.05, 0) is 19.1 Å². The molecule has 10 nitrogen and oxygen atoms in total. The number of aromatic amines is 2. The van der Waals surface area contributed by atoms with E-state index in [9.17, 15) is 8.42 Å². The van der Waals surface area contributed by atoms with E-state index in [0.717, 1.165) is 5.69 Å². The predicted molar refractivity (Wildman–Crippen MR) is 124 cm³/mol. The van der Waals surface area contributed by atoms with Crippen molar-refractivity contribution < 1.29 is 8.42 Å². The minimum Gasteiger partial charge on any atom is -0.278 e. The number of azo groups is 1. The molecule has 1 aromatic carbocycles. The zero-order valence-corrected chi connectivity index (χ0v) is 20.6. The fourth-order valence-electron chi connectivity index (χ4n) is 3.50. The standard InChI is InChI=1S/C22H28N8O2S/c1-13-23-20-15(17(21(2,3)4)29-30(20)28-13)24-26-19-16(18(25-27-19)22(5,6)7)33(31,32)14-11-9-8-10-12-14/h8-12,29H,1-7H3,(H,25,27). The van der Waals surface area contributed by atoms with Crippen LogP contribution in [0.1, 0.15) is 58.8 Å². The van der Waals surface area contributed by atoms with Gasteiger partial charge in [-0.25, -0.2) is 13.4 Å². The van der Waals surface area contributed by atoms with Crippen molar-refractivity contribution in [2.24, 2.45) is 10.2 Å². The van der Waals surface area contributed by atoms with Crippen LogP contribution < -0.4 is 0 Å². The Balaban J connectivity index is 1.92. The van der Waals surface area contributed by atoms with Crippen LogP contribution in [0.5, 0.6) is 0 Å². The molecule has 174 valence electrons. The molecule has 2 N–H and O–H groups in total. The van der Waals surface area contributed by atoms with E-state index >= 15 is 0 Å². The quantitative estimate of drug-likeness (QED) is 0.410. The second-order valence-electron chi connectivity index (χ2n) is 10.00. The third kappa shape index (κ3) is 4.08. The first kappa shape index (κ1) is 22.8. The lowest BCUT2D eigenvalue weighted by molar-refractivity contribution is 0.546. The lowest BCUT2D eigenvalue weighted by Gasteiger charge is -2.18. The average Bonchev–Trinajstić information content (AvgIpc) is 3.38. The van der Waals surface area contributed by atoms with E-state index in [1.165, 1.54) is 0 Å². The molecule has 0 bridgehead atoms. The van der Waals surface area contributed by atoms with Crippen LogP contribution in [0.15, 0.2) is 50.4 Å². The summed E-state index contributed by atoms with van der Waals surface area (Å²) in [4.78, 5) is 4.63. The van der Waals surface area contributed by atoms with Crippen molar-refractivity contribution in [1.82, 2.24) is 30.0 Å². The maximum atomic E-state index is 13.6. The van der Waals surface area contributed by atoms with Crippen LogP contribution in [-0.4, -0.2) is 38.4 Å². The van der Waals surface area contributed by atoms with Crippen molar-refractivity contribution in [3.05, 3.63) is 47.5 Å². The Bertz CT molecular complexity index is 1450. The van der Waals surface area contributed by atoms with Gasteiger partial charge in [0.1, 0.15) is 10.7 Å². The van der Waals surface area contributed by atoms with E-state index in [2.05, 4.69) is 35.6 Å². The molecule has 3 aromatic heterocycles. The van der Waals surface area contributed by atoms with Crippen LogP contribution in [0.4, 0.5) is 11.5 Å². The highest BCUT2D eigenvalue weighted by Crippen LogP contribution is 2.39. The number of hydrogen-bond acceptors (Lipinski definition) is 7. The summed E-state index contributed by atoms with van der Waals surface area (Å²) in [5.74, 6) is 0.583. The lowest BCUT2D eigenvalue weighted by Crippen LogP contribution is -2.16. The minimum absolute atomic E-state index is 0.000718. The highest BCUT2D eigenvalue weighted by atomic mass is 32.2. The predicted octanol–water partition coefficient (Wildman–Crippen LogP) is 4.93. The summed E-state index contributed by atoms with van der Waals surface area (Å²) >= 11 is 0. The number of nitrogens with one attached hydrogen (secondary N) is 2. The van der Waals surface area contributed by atoms with Crippen LogP contribution in [0, 0.1) is 6.92 Å². The van der Waals surface area contributed by atoms with E-state index in [1.807, 2.05) is 41.5 Å². The van der Waals surface area contributed by atoms with E-state index in [4.69, 9.17) is 0 Å². The molecule has 0 radical (unpaired) electrons. The monoisotopic (exact) mass is 468 g/mol. The summed E-state index contributed by atoms with van der Waals surface area (Å²) in [5.41, 5.74) is 1.44. The number of fused-ring (bicyclic) bond motifs is 1. The maximum Gasteiger partial charge on any atom is 0.214 e. The van der Waals surface area contributed by atoms with Crippen LogP contribution >= 0.6 is 0 Å². The maximum absolute atomic E-state index is 13.6. The van der Waals surface area contributed by atoms with Crippen LogP contribution in [-0.2, 0) is 20.7 Å². The van der Waals surface area contributed by atoms with Crippen molar-refractivity contribution in [3.63, 3.8) is 0 Å². The molecule has 0 unspecified atom stereocenters. The number of rotatable bonds is 4. The van der Waals surface area contributed by atoms with Crippen LogP contribution in [0.3, 0.4) is 0 Å². The van der Waals surface area contributed by atoms with Crippen molar-refractivity contribution in [3.8, 4) is 0 Å². The molecule has 33 heavy (non-hydrogen) atoms. The van der Waals surface area contributed by atoms with Crippen molar-refractivity contribution >= 4 is 27.0 Å². The molecular formula is C22H28N8O2S. The number of hydrogen-bond donors (Lipinski definition) is 2. The Kier molecular flexibility index (Phi) is 5.27. The smallest absolute Gasteiger partial charge is 0.214 e. The first-order valence-corrected chi connectivity index (χ1v) is 12.0. The molecule has 0 saturated heterocycles. The molecule has 0 fully saturated rings. The molecule has 0 spiro atoms. The van der Waals surface area contributed by atoms with Gasteiger partial charge < -0.3 is 0 Å². The van der Waals surface area contributed by atoms with Gasteiger partial charge in [-0.2, -0.15) is 9.73 Å². The third-order valence-electron chi connectivity index (χ3n) is 5.15. The largest absolute Gasteiger partial charge is 0.278 e. The van der Waals surface area contributed by atoms with Crippen molar-refractivity contribution in [1.29, 1.82) is 0 Å². The first-order chi connectivity index (χ1) is 15.3. The Morgan fingerprint density at radius 3 is 2.18 bits per heavy atom. The number of sulfone groups is 1. The number of H-pyrrole nitrogens is 2. The SMILES string of the molecule is Cc1nc2c(N=Nc3n[nH]c(C(C)(C)C)c3S(=O)(=O)c3ccccc3)c(C(C)(C)C)[nH]n2n1. The minimum atomic E-state index is -3.90. The van der Waals surface area contributed by atoms with Gasteiger partial charge in [-0.3, -0.25) is 10.2 Å². The summed E-state index contributed by atoms with van der Waals surface area (Å²) in [5, 5.41) is 23.4. The molecule has 0 aliphatic rings. The summed E-state index contributed by atoms with van der Waals surface area (Å²) < 4.78 is 28.7. The van der Waals surface area contributed by atoms with Gasteiger partial charge in [-0.1, -0.05) is 59.7 Å². The molecule has 0 atom stereocenters. The van der Waals surface area contributed by atoms with Gasteiger partial charge in [0.25, 0.3) is 0 Å². The Morgan fingerprint density at radius 2 is 1.58 bits per heavy atom. The molecule has 4 aromatic rings. The van der Waals surface area contributed by atoms with Gasteiger partial charge in [0.2, 0.25) is 21.3 Å². The molecule has 11 heteroatoms. The second-order valence-corrected chi connectivity index (χ2v) is 11.9. The zero-order valence-electron chi connectivity index (χ0n) is 19.8. The van der Waals surface area contributed by atoms with Gasteiger partial charge in [0, 0.05) is 10.8 Å². The molecule has 0 aliphatic carbocycles. The number of benzene rings is 1. The Hall–Kier alpha value is -3.34. The van der Waals surface area contributed by atoms with Crippen LogP contribution in [0.25, 0.3) is 5.65 Å². The van der Waals surface area contributed by atoms with E-state index in [1.54, 1.807) is 41.9 Å². The fraction of sp³-hybridized carbons (Fsp3) is 0.409. The molecule has 0 saturated carbocycles. The van der Waals surface area contributed by atoms with Crippen LogP contribution in [0.2, 0.25) is 0 Å². The number of nitrogens with zero attached hydrogens (tertiary/aromatic N) is 6. The summed E-state index contributed by atoms with van der Waals surface area (Å²) in [6.45, 7) is 13.6. The Labute approximate surface area is 192 Å². The van der Waals surface area contributed by atoms with E-state index < -0.39 is 15.3 Å². The normalized spacial score (nSPS) is 13.4. The summed E-state index contributed by atoms with van der Waals surface area (Å²) in [7, 11) is -3.90. The zero-order chi connectivity index (χ0) is 24.2. The molecule has 4 rings (SSSR count). The molecule has 0 amide bonds. The highest BCUT2D eigenvalue weighted by Gasteiger charge is 2.34. The number of aryl methyl sites for hydroxylation is 1. The topological polar surface area (TPSA) is 134 Å². The van der Waals surface area contributed by atoms with E-state index in [0.29, 0.717) is 22.9 Å². The highest BCUT2D eigenvalue weighted by molar-refractivity contribution is 7.91. The summed E-state index contributed by atoms with van der Waals surface area (Å²) in [6, 6.07) is 8.25. The van der Waals surface area contributed by atoms with Crippen molar-refractivity contribution in [2.45, 2.75) is 69.1 Å². The van der Waals surface area contributed by atoms with E-state index in [-0.39, 0.29) is 21.0 Å². The molecule has 3 heterocycles. The van der Waals surface area contributed by atoms with Gasteiger partial charge in [0.05, 0.1) is 16.3 Å². The second kappa shape index (κ2) is 7.62. The van der Waals surface area contributed by atoms with Gasteiger partial charge in [-0.15, -0.1) is 15.3 Å². The number of aromatic nitrogens is 6. The third-order valence-corrected chi connectivity index (χ3v) is 6.97.